The van der Waals surface area contributed by atoms with E-state index in [1.54, 1.807) is 0 Å². The second-order valence-electron chi connectivity index (χ2n) is 5.18. The lowest BCUT2D eigenvalue weighted by molar-refractivity contribution is 0.339. The summed E-state index contributed by atoms with van der Waals surface area (Å²) in [5.41, 5.74) is 8.18. The lowest BCUT2D eigenvalue weighted by Gasteiger charge is -2.11. The number of hydrogen-bond donors (Lipinski definition) is 1. The number of hydrogen-bond acceptors (Lipinski definition) is 4. The summed E-state index contributed by atoms with van der Waals surface area (Å²) < 4.78 is 5.70. The minimum atomic E-state index is 0.129. The molecule has 1 aliphatic heterocycles. The van der Waals surface area contributed by atoms with E-state index in [1.807, 2.05) is 30.5 Å². The highest BCUT2D eigenvalue weighted by Gasteiger charge is 2.27. The highest BCUT2D eigenvalue weighted by molar-refractivity contribution is 5.42. The molecule has 2 N–H and O–H groups in total. The minimum Gasteiger partial charge on any atom is -0.492 e. The molecule has 2 unspecified atom stereocenters. The molecular formula is C16H19N3O. The molecule has 0 radical (unpaired) electrons. The van der Waals surface area contributed by atoms with Crippen LogP contribution in [0.1, 0.15) is 36.3 Å². The number of nitrogens with zero attached hydrogens (tertiary/aromatic N) is 2. The third kappa shape index (κ3) is 2.51. The minimum absolute atomic E-state index is 0.129. The van der Waals surface area contributed by atoms with Crippen LogP contribution in [0.5, 0.6) is 5.75 Å². The molecular weight excluding hydrogens is 250 g/mol. The molecule has 20 heavy (non-hydrogen) atoms. The predicted molar refractivity (Wildman–Crippen MR) is 77.8 cm³/mol. The van der Waals surface area contributed by atoms with Gasteiger partial charge in [-0.1, -0.05) is 25.1 Å². The van der Waals surface area contributed by atoms with Crippen LogP contribution in [-0.4, -0.2) is 22.6 Å². The summed E-state index contributed by atoms with van der Waals surface area (Å²) in [6.45, 7) is 2.70. The molecule has 104 valence electrons. The van der Waals surface area contributed by atoms with Gasteiger partial charge < -0.3 is 10.5 Å². The molecule has 1 aromatic heterocycles. The molecule has 1 aromatic carbocycles. The van der Waals surface area contributed by atoms with E-state index in [9.17, 15) is 0 Å². The lowest BCUT2D eigenvalue weighted by atomic mass is 10.0. The van der Waals surface area contributed by atoms with Crippen molar-refractivity contribution in [2.45, 2.75) is 31.7 Å². The van der Waals surface area contributed by atoms with Crippen LogP contribution in [0.3, 0.4) is 0 Å². The van der Waals surface area contributed by atoms with E-state index in [4.69, 9.17) is 10.5 Å². The summed E-state index contributed by atoms with van der Waals surface area (Å²) >= 11 is 0. The van der Waals surface area contributed by atoms with Gasteiger partial charge in [-0.25, -0.2) is 9.97 Å². The largest absolute Gasteiger partial charge is 0.492 e. The first-order chi connectivity index (χ1) is 9.78. The van der Waals surface area contributed by atoms with Gasteiger partial charge in [0.2, 0.25) is 0 Å². The van der Waals surface area contributed by atoms with Gasteiger partial charge in [0.25, 0.3) is 0 Å². The van der Waals surface area contributed by atoms with Gasteiger partial charge in [0.15, 0.2) is 0 Å². The Labute approximate surface area is 119 Å². The number of para-hydroxylation sites is 1. The fourth-order valence-corrected chi connectivity index (χ4v) is 2.48. The van der Waals surface area contributed by atoms with Crippen LogP contribution in [0.15, 0.2) is 36.5 Å². The number of aromatic nitrogens is 2. The standard InChI is InChI=1S/C16H19N3O/c1-2-11(17)9-12-7-8-18-16(19-12)14-10-20-15-6-4-3-5-13(14)15/h3-8,11,14H,2,9-10,17H2,1H3. The third-order valence-corrected chi connectivity index (χ3v) is 3.74. The summed E-state index contributed by atoms with van der Waals surface area (Å²) in [6.07, 6.45) is 3.57. The van der Waals surface area contributed by atoms with Crippen molar-refractivity contribution < 1.29 is 4.74 Å². The molecule has 0 aliphatic carbocycles. The molecule has 0 spiro atoms. The zero-order valence-electron chi connectivity index (χ0n) is 11.6. The van der Waals surface area contributed by atoms with Crippen molar-refractivity contribution in [2.75, 3.05) is 6.61 Å². The molecule has 3 rings (SSSR count). The van der Waals surface area contributed by atoms with Gasteiger partial charge in [0.1, 0.15) is 18.2 Å². The van der Waals surface area contributed by atoms with Crippen molar-refractivity contribution in [3.05, 3.63) is 53.6 Å². The Balaban J connectivity index is 1.87. The number of ether oxygens (including phenoxy) is 1. The zero-order chi connectivity index (χ0) is 13.9. The van der Waals surface area contributed by atoms with Gasteiger partial charge in [-0.2, -0.15) is 0 Å². The van der Waals surface area contributed by atoms with Crippen LogP contribution >= 0.6 is 0 Å². The number of benzene rings is 1. The van der Waals surface area contributed by atoms with Gasteiger partial charge in [-0.05, 0) is 18.6 Å². The zero-order valence-corrected chi connectivity index (χ0v) is 11.6. The van der Waals surface area contributed by atoms with E-state index < -0.39 is 0 Å². The highest BCUT2D eigenvalue weighted by atomic mass is 16.5. The maximum atomic E-state index is 6.00. The monoisotopic (exact) mass is 269 g/mol. The Hall–Kier alpha value is -1.94. The van der Waals surface area contributed by atoms with Crippen LogP contribution < -0.4 is 10.5 Å². The van der Waals surface area contributed by atoms with Crippen molar-refractivity contribution in [1.29, 1.82) is 0 Å². The molecule has 0 bridgehead atoms. The maximum Gasteiger partial charge on any atom is 0.139 e. The molecule has 0 saturated heterocycles. The summed E-state index contributed by atoms with van der Waals surface area (Å²) in [4.78, 5) is 9.09. The molecule has 2 aromatic rings. The quantitative estimate of drug-likeness (QED) is 0.925. The first kappa shape index (κ1) is 13.1. The normalized spacial score (nSPS) is 18.4. The second kappa shape index (κ2) is 5.59. The van der Waals surface area contributed by atoms with E-state index in [0.717, 1.165) is 30.1 Å². The summed E-state index contributed by atoms with van der Waals surface area (Å²) in [5, 5.41) is 0. The number of fused-ring (bicyclic) bond motifs is 1. The van der Waals surface area contributed by atoms with Gasteiger partial charge in [-0.3, -0.25) is 0 Å². The predicted octanol–water partition coefficient (Wildman–Crippen LogP) is 2.28. The SMILES string of the molecule is CCC(N)Cc1ccnc(C2COc3ccccc32)n1. The molecule has 4 nitrogen and oxygen atoms in total. The van der Waals surface area contributed by atoms with Gasteiger partial charge >= 0.3 is 0 Å². The van der Waals surface area contributed by atoms with Crippen LogP contribution in [0.2, 0.25) is 0 Å². The summed E-state index contributed by atoms with van der Waals surface area (Å²) in [5.74, 6) is 1.90. The molecule has 4 heteroatoms. The fourth-order valence-electron chi connectivity index (χ4n) is 2.48. The van der Waals surface area contributed by atoms with Crippen molar-refractivity contribution >= 4 is 0 Å². The molecule has 1 aliphatic rings. The van der Waals surface area contributed by atoms with Crippen molar-refractivity contribution in [3.63, 3.8) is 0 Å². The Morgan fingerprint density at radius 3 is 3.05 bits per heavy atom. The molecule has 0 saturated carbocycles. The average Bonchev–Trinajstić information content (AvgIpc) is 2.91. The van der Waals surface area contributed by atoms with Gasteiger partial charge in [0, 0.05) is 29.9 Å². The first-order valence-electron chi connectivity index (χ1n) is 7.07. The molecule has 0 fully saturated rings. The van der Waals surface area contributed by atoms with Crippen LogP contribution in [0.25, 0.3) is 0 Å². The first-order valence-corrected chi connectivity index (χ1v) is 7.07. The van der Waals surface area contributed by atoms with E-state index in [2.05, 4.69) is 23.0 Å². The molecule has 0 amide bonds. The van der Waals surface area contributed by atoms with E-state index in [1.165, 1.54) is 5.56 Å². The van der Waals surface area contributed by atoms with E-state index >= 15 is 0 Å². The van der Waals surface area contributed by atoms with Crippen LogP contribution in [0.4, 0.5) is 0 Å². The van der Waals surface area contributed by atoms with Gasteiger partial charge in [0.05, 0.1) is 5.92 Å². The van der Waals surface area contributed by atoms with E-state index in [-0.39, 0.29) is 12.0 Å². The van der Waals surface area contributed by atoms with Crippen LogP contribution in [-0.2, 0) is 6.42 Å². The maximum absolute atomic E-state index is 6.00. The van der Waals surface area contributed by atoms with Crippen molar-refractivity contribution in [3.8, 4) is 5.75 Å². The highest BCUT2D eigenvalue weighted by Crippen LogP contribution is 2.36. The Morgan fingerprint density at radius 2 is 2.20 bits per heavy atom. The summed E-state index contributed by atoms with van der Waals surface area (Å²) in [6, 6.07) is 10.2. The summed E-state index contributed by atoms with van der Waals surface area (Å²) in [7, 11) is 0. The number of rotatable bonds is 4. The van der Waals surface area contributed by atoms with Gasteiger partial charge in [-0.15, -0.1) is 0 Å². The Morgan fingerprint density at radius 1 is 1.35 bits per heavy atom. The Kier molecular flexibility index (Phi) is 3.65. The van der Waals surface area contributed by atoms with Crippen LogP contribution in [0, 0.1) is 0 Å². The second-order valence-corrected chi connectivity index (χ2v) is 5.18. The topological polar surface area (TPSA) is 61.0 Å². The third-order valence-electron chi connectivity index (χ3n) is 3.74. The molecule has 2 heterocycles. The lowest BCUT2D eigenvalue weighted by Crippen LogP contribution is -2.22. The smallest absolute Gasteiger partial charge is 0.139 e. The van der Waals surface area contributed by atoms with Crippen molar-refractivity contribution in [2.24, 2.45) is 5.73 Å². The van der Waals surface area contributed by atoms with E-state index in [0.29, 0.717) is 6.61 Å². The number of nitrogens with two attached hydrogens (primary N) is 1. The van der Waals surface area contributed by atoms with Crippen molar-refractivity contribution in [1.82, 2.24) is 9.97 Å². The fraction of sp³-hybridized carbons (Fsp3) is 0.375. The Bertz CT molecular complexity index is 600. The average molecular weight is 269 g/mol. The molecule has 2 atom stereocenters.